The highest BCUT2D eigenvalue weighted by Gasteiger charge is 2.42. The summed E-state index contributed by atoms with van der Waals surface area (Å²) in [6.07, 6.45) is 1.64. The van der Waals surface area contributed by atoms with Gasteiger partial charge < -0.3 is 9.47 Å². The fraction of sp³-hybridized carbons (Fsp3) is 0.500. The van der Waals surface area contributed by atoms with Crippen molar-refractivity contribution in [3.8, 4) is 11.5 Å². The predicted octanol–water partition coefficient (Wildman–Crippen LogP) is 2.54. The van der Waals surface area contributed by atoms with Crippen LogP contribution in [0.3, 0.4) is 0 Å². The van der Waals surface area contributed by atoms with Gasteiger partial charge in [-0.25, -0.2) is 0 Å². The molecule has 0 saturated heterocycles. The number of Topliss-reactive ketones (excluding diaryl/α,β-unsaturated/α-hetero) is 1. The minimum Gasteiger partial charge on any atom is -0.486 e. The fourth-order valence-electron chi connectivity index (χ4n) is 2.47. The highest BCUT2D eigenvalue weighted by molar-refractivity contribution is 5.84. The Morgan fingerprint density at radius 1 is 1.29 bits per heavy atom. The van der Waals surface area contributed by atoms with Crippen LogP contribution >= 0.6 is 0 Å². The average molecular weight is 232 g/mol. The first-order chi connectivity index (χ1) is 8.29. The molecule has 0 aromatic heterocycles. The van der Waals surface area contributed by atoms with E-state index < -0.39 is 0 Å². The lowest BCUT2D eigenvalue weighted by atomic mass is 10.1. The molecule has 1 aliphatic heterocycles. The number of carbonyl (C=O) groups is 1. The van der Waals surface area contributed by atoms with Gasteiger partial charge in [0.05, 0.1) is 0 Å². The van der Waals surface area contributed by atoms with Crippen molar-refractivity contribution in [2.45, 2.75) is 25.7 Å². The van der Waals surface area contributed by atoms with Crippen LogP contribution in [0.5, 0.6) is 11.5 Å². The lowest BCUT2D eigenvalue weighted by molar-refractivity contribution is -0.120. The second-order valence-electron chi connectivity index (χ2n) is 4.67. The van der Waals surface area contributed by atoms with Gasteiger partial charge in [0.1, 0.15) is 19.0 Å². The minimum atomic E-state index is 0.238. The molecule has 1 fully saturated rings. The zero-order valence-corrected chi connectivity index (χ0v) is 9.94. The SMILES string of the molecule is CCC(=O)C1CC1c1ccc2c(c1)OCCO2. The molecule has 3 nitrogen and oxygen atoms in total. The molecule has 2 atom stereocenters. The normalized spacial score (nSPS) is 25.5. The maximum Gasteiger partial charge on any atom is 0.161 e. The Bertz CT molecular complexity index is 453. The van der Waals surface area contributed by atoms with Crippen molar-refractivity contribution in [3.05, 3.63) is 23.8 Å². The number of hydrogen-bond acceptors (Lipinski definition) is 3. The van der Waals surface area contributed by atoms with Crippen LogP contribution < -0.4 is 9.47 Å². The molecular formula is C14H16O3. The Morgan fingerprint density at radius 2 is 2.06 bits per heavy atom. The van der Waals surface area contributed by atoms with Crippen LogP contribution in [-0.2, 0) is 4.79 Å². The highest BCUT2D eigenvalue weighted by atomic mass is 16.6. The Hall–Kier alpha value is -1.51. The van der Waals surface area contributed by atoms with Gasteiger partial charge in [-0.3, -0.25) is 4.79 Å². The van der Waals surface area contributed by atoms with E-state index >= 15 is 0 Å². The maximum absolute atomic E-state index is 11.6. The Labute approximate surface area is 101 Å². The highest BCUT2D eigenvalue weighted by Crippen LogP contribution is 2.50. The third kappa shape index (κ3) is 1.90. The zero-order chi connectivity index (χ0) is 11.8. The number of ketones is 1. The second-order valence-corrected chi connectivity index (χ2v) is 4.67. The first kappa shape index (κ1) is 10.6. The summed E-state index contributed by atoms with van der Waals surface area (Å²) in [7, 11) is 0. The average Bonchev–Trinajstić information content (AvgIpc) is 3.17. The van der Waals surface area contributed by atoms with E-state index in [1.807, 2.05) is 19.1 Å². The van der Waals surface area contributed by atoms with Crippen LogP contribution in [0, 0.1) is 5.92 Å². The summed E-state index contributed by atoms with van der Waals surface area (Å²) in [4.78, 5) is 11.6. The molecule has 0 spiro atoms. The van der Waals surface area contributed by atoms with E-state index in [9.17, 15) is 4.79 Å². The van der Waals surface area contributed by atoms with Crippen molar-refractivity contribution in [1.29, 1.82) is 0 Å². The van der Waals surface area contributed by atoms with Gasteiger partial charge in [0.25, 0.3) is 0 Å². The molecule has 1 heterocycles. The Balaban J connectivity index is 1.79. The summed E-state index contributed by atoms with van der Waals surface area (Å²) in [5, 5.41) is 0. The molecular weight excluding hydrogens is 216 g/mol. The summed E-state index contributed by atoms with van der Waals surface area (Å²) in [5.74, 6) is 2.66. The van der Waals surface area contributed by atoms with E-state index in [0.29, 0.717) is 31.3 Å². The van der Waals surface area contributed by atoms with Crippen molar-refractivity contribution in [2.75, 3.05) is 13.2 Å². The number of rotatable bonds is 3. The quantitative estimate of drug-likeness (QED) is 0.803. The number of fused-ring (bicyclic) bond motifs is 1. The van der Waals surface area contributed by atoms with Crippen LogP contribution in [0.2, 0.25) is 0 Å². The van der Waals surface area contributed by atoms with Crippen LogP contribution in [0.1, 0.15) is 31.2 Å². The molecule has 1 saturated carbocycles. The lowest BCUT2D eigenvalue weighted by Gasteiger charge is -2.18. The molecule has 0 radical (unpaired) electrons. The topological polar surface area (TPSA) is 35.5 Å². The van der Waals surface area contributed by atoms with Gasteiger partial charge in [-0.1, -0.05) is 13.0 Å². The molecule has 2 aliphatic rings. The molecule has 17 heavy (non-hydrogen) atoms. The van der Waals surface area contributed by atoms with Gasteiger partial charge in [-0.15, -0.1) is 0 Å². The van der Waals surface area contributed by atoms with Crippen molar-refractivity contribution in [2.24, 2.45) is 5.92 Å². The first-order valence-corrected chi connectivity index (χ1v) is 6.22. The van der Waals surface area contributed by atoms with Gasteiger partial charge in [0.2, 0.25) is 0 Å². The summed E-state index contributed by atoms with van der Waals surface area (Å²) in [6.45, 7) is 3.16. The number of carbonyl (C=O) groups excluding carboxylic acids is 1. The third-order valence-electron chi connectivity index (χ3n) is 3.55. The summed E-state index contributed by atoms with van der Waals surface area (Å²) in [6, 6.07) is 6.04. The largest absolute Gasteiger partial charge is 0.486 e. The van der Waals surface area contributed by atoms with E-state index in [1.165, 1.54) is 5.56 Å². The molecule has 1 aromatic rings. The first-order valence-electron chi connectivity index (χ1n) is 6.22. The van der Waals surface area contributed by atoms with Crippen LogP contribution in [-0.4, -0.2) is 19.0 Å². The molecule has 0 N–H and O–H groups in total. The van der Waals surface area contributed by atoms with E-state index in [-0.39, 0.29) is 5.92 Å². The Morgan fingerprint density at radius 3 is 2.82 bits per heavy atom. The van der Waals surface area contributed by atoms with Gasteiger partial charge in [0.15, 0.2) is 11.5 Å². The standard InChI is InChI=1S/C14H16O3/c1-2-12(15)11-8-10(11)9-3-4-13-14(7-9)17-6-5-16-13/h3-4,7,10-11H,2,5-6,8H2,1H3. The lowest BCUT2D eigenvalue weighted by Crippen LogP contribution is -2.15. The molecule has 1 aromatic carbocycles. The van der Waals surface area contributed by atoms with E-state index in [1.54, 1.807) is 0 Å². The Kier molecular flexibility index (Phi) is 2.54. The number of ether oxygens (including phenoxy) is 2. The monoisotopic (exact) mass is 232 g/mol. The predicted molar refractivity (Wildman–Crippen MR) is 63.6 cm³/mol. The van der Waals surface area contributed by atoms with E-state index in [2.05, 4.69) is 6.07 Å². The van der Waals surface area contributed by atoms with Crippen molar-refractivity contribution in [1.82, 2.24) is 0 Å². The molecule has 3 heteroatoms. The van der Waals surface area contributed by atoms with E-state index in [4.69, 9.17) is 9.47 Å². The molecule has 0 bridgehead atoms. The summed E-state index contributed by atoms with van der Waals surface area (Å²) < 4.78 is 11.0. The van der Waals surface area contributed by atoms with E-state index in [0.717, 1.165) is 17.9 Å². The van der Waals surface area contributed by atoms with Crippen molar-refractivity contribution >= 4 is 5.78 Å². The van der Waals surface area contributed by atoms with Gasteiger partial charge >= 0.3 is 0 Å². The number of benzene rings is 1. The molecule has 2 unspecified atom stereocenters. The minimum absolute atomic E-state index is 0.238. The maximum atomic E-state index is 11.6. The van der Waals surface area contributed by atoms with Crippen molar-refractivity contribution < 1.29 is 14.3 Å². The third-order valence-corrected chi connectivity index (χ3v) is 3.55. The second kappa shape index (κ2) is 4.06. The van der Waals surface area contributed by atoms with Crippen molar-refractivity contribution in [3.63, 3.8) is 0 Å². The molecule has 3 rings (SSSR count). The molecule has 1 aliphatic carbocycles. The van der Waals surface area contributed by atoms with Gasteiger partial charge in [-0.05, 0) is 30.0 Å². The smallest absolute Gasteiger partial charge is 0.161 e. The molecule has 0 amide bonds. The van der Waals surface area contributed by atoms with Gasteiger partial charge in [0, 0.05) is 12.3 Å². The zero-order valence-electron chi connectivity index (χ0n) is 9.94. The van der Waals surface area contributed by atoms with Crippen LogP contribution in [0.25, 0.3) is 0 Å². The van der Waals surface area contributed by atoms with Crippen LogP contribution in [0.4, 0.5) is 0 Å². The number of hydrogen-bond donors (Lipinski definition) is 0. The summed E-state index contributed by atoms with van der Waals surface area (Å²) in [5.41, 5.74) is 1.21. The van der Waals surface area contributed by atoms with Gasteiger partial charge in [-0.2, -0.15) is 0 Å². The fourth-order valence-corrected chi connectivity index (χ4v) is 2.47. The molecule has 90 valence electrons. The summed E-state index contributed by atoms with van der Waals surface area (Å²) >= 11 is 0. The van der Waals surface area contributed by atoms with Crippen LogP contribution in [0.15, 0.2) is 18.2 Å².